The van der Waals surface area contributed by atoms with Gasteiger partial charge in [0.05, 0.1) is 6.61 Å². The Bertz CT molecular complexity index is 335. The molecular formula is C16H30N2O4. The molecule has 0 unspecified atom stereocenters. The van der Waals surface area contributed by atoms with Gasteiger partial charge in [-0.3, -0.25) is 0 Å². The number of nitrogens with zero attached hydrogens (tertiary/aromatic N) is 2. The van der Waals surface area contributed by atoms with Crippen LogP contribution in [0, 0.1) is 0 Å². The van der Waals surface area contributed by atoms with Gasteiger partial charge in [-0.2, -0.15) is 0 Å². The highest BCUT2D eigenvalue weighted by molar-refractivity contribution is 5.70. The first-order valence-corrected chi connectivity index (χ1v) is 8.58. The van der Waals surface area contributed by atoms with Crippen LogP contribution in [-0.2, 0) is 9.47 Å². The van der Waals surface area contributed by atoms with E-state index < -0.39 is 0 Å². The summed E-state index contributed by atoms with van der Waals surface area (Å²) < 4.78 is 10.5. The van der Waals surface area contributed by atoms with Crippen LogP contribution in [0.5, 0.6) is 0 Å². The molecular weight excluding hydrogens is 284 g/mol. The normalized spacial score (nSPS) is 19.0. The van der Waals surface area contributed by atoms with E-state index in [9.17, 15) is 9.59 Å². The predicted molar refractivity (Wildman–Crippen MR) is 84.9 cm³/mol. The molecule has 2 rings (SSSR count). The molecule has 2 fully saturated rings. The molecule has 22 heavy (non-hydrogen) atoms. The molecule has 0 N–H and O–H groups in total. The van der Waals surface area contributed by atoms with Gasteiger partial charge in [0.25, 0.3) is 0 Å². The molecule has 128 valence electrons. The topological polar surface area (TPSA) is 59.1 Å². The summed E-state index contributed by atoms with van der Waals surface area (Å²) >= 11 is 0. The van der Waals surface area contributed by atoms with Crippen molar-refractivity contribution in [1.82, 2.24) is 9.80 Å². The van der Waals surface area contributed by atoms with Crippen LogP contribution < -0.4 is 0 Å². The highest BCUT2D eigenvalue weighted by Crippen LogP contribution is 2.21. The average Bonchev–Trinajstić information content (AvgIpc) is 2.58. The summed E-state index contributed by atoms with van der Waals surface area (Å²) in [5, 5.41) is 0. The molecule has 0 aromatic heterocycles. The number of hydrogen-bond donors (Lipinski definition) is 0. The Labute approximate surface area is 133 Å². The lowest BCUT2D eigenvalue weighted by Gasteiger charge is -2.34. The molecule has 2 aliphatic rings. The molecule has 1 heterocycles. The second-order valence-electron chi connectivity index (χ2n) is 5.32. The molecule has 0 atom stereocenters. The smallest absolute Gasteiger partial charge is 0.410 e. The molecule has 2 amide bonds. The van der Waals surface area contributed by atoms with E-state index in [1.807, 2.05) is 13.8 Å². The quantitative estimate of drug-likeness (QED) is 0.785. The van der Waals surface area contributed by atoms with Crippen molar-refractivity contribution >= 4 is 12.2 Å². The van der Waals surface area contributed by atoms with Gasteiger partial charge >= 0.3 is 12.2 Å². The standard InChI is InChI=1S/C14H24N2O4.C2H6/c1-2-19-13(17)15-8-10-16(11-9-15)14(18)20-12-6-4-3-5-7-12;1-2/h12H,2-11H2,1H3;1-2H3. The molecule has 6 nitrogen and oxygen atoms in total. The number of ether oxygens (including phenoxy) is 2. The highest BCUT2D eigenvalue weighted by Gasteiger charge is 2.27. The summed E-state index contributed by atoms with van der Waals surface area (Å²) in [7, 11) is 0. The number of rotatable bonds is 2. The van der Waals surface area contributed by atoms with Crippen LogP contribution in [0.15, 0.2) is 0 Å². The van der Waals surface area contributed by atoms with E-state index in [1.54, 1.807) is 16.7 Å². The van der Waals surface area contributed by atoms with Crippen molar-refractivity contribution in [2.45, 2.75) is 59.0 Å². The minimum absolute atomic E-state index is 0.0827. The summed E-state index contributed by atoms with van der Waals surface area (Å²) in [4.78, 5) is 26.9. The molecule has 0 spiro atoms. The van der Waals surface area contributed by atoms with Crippen LogP contribution in [0.4, 0.5) is 9.59 Å². The second kappa shape index (κ2) is 10.3. The van der Waals surface area contributed by atoms with Crippen molar-refractivity contribution in [2.75, 3.05) is 32.8 Å². The number of carbonyl (C=O) groups excluding carboxylic acids is 2. The lowest BCUT2D eigenvalue weighted by molar-refractivity contribution is 0.0302. The first-order valence-electron chi connectivity index (χ1n) is 8.58. The molecule has 1 aliphatic carbocycles. The number of piperazine rings is 1. The van der Waals surface area contributed by atoms with Gasteiger partial charge < -0.3 is 19.3 Å². The molecule has 1 saturated carbocycles. The van der Waals surface area contributed by atoms with Gasteiger partial charge in [0.15, 0.2) is 0 Å². The first-order chi connectivity index (χ1) is 10.7. The molecule has 0 aromatic rings. The average molecular weight is 314 g/mol. The zero-order valence-corrected chi connectivity index (χ0v) is 14.2. The van der Waals surface area contributed by atoms with E-state index in [4.69, 9.17) is 9.47 Å². The lowest BCUT2D eigenvalue weighted by atomic mass is 9.98. The zero-order chi connectivity index (χ0) is 16.4. The van der Waals surface area contributed by atoms with E-state index in [2.05, 4.69) is 0 Å². The van der Waals surface area contributed by atoms with Crippen LogP contribution in [0.25, 0.3) is 0 Å². The Morgan fingerprint density at radius 3 is 1.91 bits per heavy atom. The maximum absolute atomic E-state index is 12.0. The van der Waals surface area contributed by atoms with Gasteiger partial charge in [0, 0.05) is 26.2 Å². The molecule has 1 saturated heterocycles. The van der Waals surface area contributed by atoms with Crippen molar-refractivity contribution in [3.8, 4) is 0 Å². The number of carbonyl (C=O) groups is 2. The zero-order valence-electron chi connectivity index (χ0n) is 14.2. The summed E-state index contributed by atoms with van der Waals surface area (Å²) in [6, 6.07) is 0. The fourth-order valence-corrected chi connectivity index (χ4v) is 2.69. The van der Waals surface area contributed by atoms with Crippen LogP contribution in [0.3, 0.4) is 0 Å². The summed E-state index contributed by atoms with van der Waals surface area (Å²) in [6.07, 6.45) is 5.05. The summed E-state index contributed by atoms with van der Waals surface area (Å²) in [5.41, 5.74) is 0. The molecule has 0 bridgehead atoms. The molecule has 0 aromatic carbocycles. The van der Waals surface area contributed by atoms with Crippen molar-refractivity contribution in [1.29, 1.82) is 0 Å². The van der Waals surface area contributed by atoms with Gasteiger partial charge in [-0.1, -0.05) is 20.3 Å². The van der Waals surface area contributed by atoms with Crippen molar-refractivity contribution in [2.24, 2.45) is 0 Å². The van der Waals surface area contributed by atoms with Gasteiger partial charge in [0.1, 0.15) is 6.10 Å². The van der Waals surface area contributed by atoms with Gasteiger partial charge in [-0.05, 0) is 32.6 Å². The van der Waals surface area contributed by atoms with Crippen LogP contribution in [0.2, 0.25) is 0 Å². The summed E-state index contributed by atoms with van der Waals surface area (Å²) in [5.74, 6) is 0. The maximum Gasteiger partial charge on any atom is 0.410 e. The SMILES string of the molecule is CC.CCOC(=O)N1CCN(C(=O)OC2CCCCC2)CC1. The Hall–Kier alpha value is -1.46. The summed E-state index contributed by atoms with van der Waals surface area (Å²) in [6.45, 7) is 8.23. The van der Waals surface area contributed by atoms with E-state index in [0.29, 0.717) is 32.8 Å². The third-order valence-electron chi connectivity index (χ3n) is 3.88. The van der Waals surface area contributed by atoms with E-state index in [0.717, 1.165) is 25.7 Å². The Balaban J connectivity index is 0.00000116. The third-order valence-corrected chi connectivity index (χ3v) is 3.88. The second-order valence-corrected chi connectivity index (χ2v) is 5.32. The minimum atomic E-state index is -0.298. The fourth-order valence-electron chi connectivity index (χ4n) is 2.69. The van der Waals surface area contributed by atoms with Crippen LogP contribution in [-0.4, -0.2) is 60.9 Å². The third kappa shape index (κ3) is 5.73. The Morgan fingerprint density at radius 1 is 0.909 bits per heavy atom. The van der Waals surface area contributed by atoms with Crippen LogP contribution in [0.1, 0.15) is 52.9 Å². The van der Waals surface area contributed by atoms with Crippen molar-refractivity contribution in [3.05, 3.63) is 0 Å². The van der Waals surface area contributed by atoms with Gasteiger partial charge in [-0.15, -0.1) is 0 Å². The maximum atomic E-state index is 12.0. The van der Waals surface area contributed by atoms with E-state index in [-0.39, 0.29) is 18.3 Å². The predicted octanol–water partition coefficient (Wildman–Crippen LogP) is 3.26. The largest absolute Gasteiger partial charge is 0.450 e. The highest BCUT2D eigenvalue weighted by atomic mass is 16.6. The first kappa shape index (κ1) is 18.6. The molecule has 1 aliphatic heterocycles. The van der Waals surface area contributed by atoms with E-state index >= 15 is 0 Å². The van der Waals surface area contributed by atoms with Crippen molar-refractivity contribution < 1.29 is 19.1 Å². The van der Waals surface area contributed by atoms with Crippen LogP contribution >= 0.6 is 0 Å². The number of hydrogen-bond acceptors (Lipinski definition) is 4. The van der Waals surface area contributed by atoms with Crippen molar-refractivity contribution in [3.63, 3.8) is 0 Å². The fraction of sp³-hybridized carbons (Fsp3) is 0.875. The van der Waals surface area contributed by atoms with E-state index in [1.165, 1.54) is 6.42 Å². The molecule has 6 heteroatoms. The minimum Gasteiger partial charge on any atom is -0.450 e. The Morgan fingerprint density at radius 2 is 1.41 bits per heavy atom. The number of amides is 2. The Kier molecular flexibility index (Phi) is 8.70. The monoisotopic (exact) mass is 314 g/mol. The molecule has 0 radical (unpaired) electrons. The van der Waals surface area contributed by atoms with Gasteiger partial charge in [0.2, 0.25) is 0 Å². The lowest BCUT2D eigenvalue weighted by Crippen LogP contribution is -2.51. The van der Waals surface area contributed by atoms with Gasteiger partial charge in [-0.25, -0.2) is 9.59 Å².